The number of nitrogens with zero attached hydrogens (tertiary/aromatic N) is 1. The van der Waals surface area contributed by atoms with Gasteiger partial charge < -0.3 is 5.32 Å². The molecule has 27 heavy (non-hydrogen) atoms. The molecule has 3 aromatic rings. The summed E-state index contributed by atoms with van der Waals surface area (Å²) in [6.45, 7) is 1.41. The first-order chi connectivity index (χ1) is 13.3. The number of carbonyl (C=O) groups is 1. The lowest BCUT2D eigenvalue weighted by atomic mass is 10.0. The Labute approximate surface area is 164 Å². The molecule has 1 saturated heterocycles. The van der Waals surface area contributed by atoms with Gasteiger partial charge in [0.1, 0.15) is 0 Å². The predicted octanol–water partition coefficient (Wildman–Crippen LogP) is 4.79. The maximum absolute atomic E-state index is 12.9. The zero-order valence-electron chi connectivity index (χ0n) is 15.3. The van der Waals surface area contributed by atoms with Crippen LogP contribution in [0.2, 0.25) is 0 Å². The number of rotatable bonds is 6. The van der Waals surface area contributed by atoms with Crippen molar-refractivity contribution >= 4 is 17.2 Å². The molecule has 1 aromatic heterocycles. The lowest BCUT2D eigenvalue weighted by Gasteiger charge is -2.26. The highest BCUT2D eigenvalue weighted by Crippen LogP contribution is 2.31. The van der Waals surface area contributed by atoms with Gasteiger partial charge in [0.2, 0.25) is 5.91 Å². The molecular weight excluding hydrogens is 352 g/mol. The summed E-state index contributed by atoms with van der Waals surface area (Å²) in [5.41, 5.74) is 2.43. The van der Waals surface area contributed by atoms with Crippen molar-refractivity contribution in [3.63, 3.8) is 0 Å². The molecule has 4 rings (SSSR count). The first-order valence-corrected chi connectivity index (χ1v) is 10.4. The van der Waals surface area contributed by atoms with Gasteiger partial charge in [-0.1, -0.05) is 66.7 Å². The molecule has 0 radical (unpaired) electrons. The summed E-state index contributed by atoms with van der Waals surface area (Å²) in [5.74, 6) is 0.0834. The number of benzene rings is 2. The zero-order valence-corrected chi connectivity index (χ0v) is 16.1. The molecule has 4 heteroatoms. The third-order valence-corrected chi connectivity index (χ3v) is 6.10. The number of carbonyl (C=O) groups excluding carboxylic acids is 1. The fourth-order valence-electron chi connectivity index (χ4n) is 3.88. The van der Waals surface area contributed by atoms with Gasteiger partial charge in [-0.3, -0.25) is 9.69 Å². The largest absolute Gasteiger partial charge is 0.343 e. The number of thiophene rings is 1. The van der Waals surface area contributed by atoms with Gasteiger partial charge in [0, 0.05) is 10.9 Å². The van der Waals surface area contributed by atoms with Crippen LogP contribution in [0.1, 0.15) is 40.9 Å². The first-order valence-electron chi connectivity index (χ1n) is 9.48. The van der Waals surface area contributed by atoms with Gasteiger partial charge in [-0.2, -0.15) is 0 Å². The molecule has 2 aromatic carbocycles. The average molecular weight is 377 g/mol. The highest BCUT2D eigenvalue weighted by Gasteiger charge is 2.28. The quantitative estimate of drug-likeness (QED) is 0.671. The summed E-state index contributed by atoms with van der Waals surface area (Å²) < 4.78 is 0. The fourth-order valence-corrected chi connectivity index (χ4v) is 4.68. The van der Waals surface area contributed by atoms with E-state index in [2.05, 4.69) is 58.1 Å². The van der Waals surface area contributed by atoms with Gasteiger partial charge in [-0.15, -0.1) is 11.3 Å². The monoisotopic (exact) mass is 376 g/mol. The molecule has 0 bridgehead atoms. The van der Waals surface area contributed by atoms with E-state index >= 15 is 0 Å². The fraction of sp³-hybridized carbons (Fsp3) is 0.261. The van der Waals surface area contributed by atoms with E-state index in [1.807, 2.05) is 30.3 Å². The van der Waals surface area contributed by atoms with E-state index in [4.69, 9.17) is 0 Å². The Morgan fingerprint density at radius 3 is 2.48 bits per heavy atom. The average Bonchev–Trinajstić information content (AvgIpc) is 3.40. The van der Waals surface area contributed by atoms with E-state index in [0.717, 1.165) is 29.8 Å². The second-order valence-electron chi connectivity index (χ2n) is 6.97. The van der Waals surface area contributed by atoms with E-state index in [-0.39, 0.29) is 11.9 Å². The summed E-state index contributed by atoms with van der Waals surface area (Å²) in [6, 6.07) is 25.1. The number of hydrogen-bond acceptors (Lipinski definition) is 3. The maximum atomic E-state index is 12.9. The molecule has 2 heterocycles. The standard InChI is InChI=1S/C23H24N2OS/c26-22(17-25-15-7-13-20(25)18-9-3-1-4-10-18)24-23(21-14-8-16-27-21)19-11-5-2-6-12-19/h1-6,8-12,14,16,20,23H,7,13,15,17H2,(H,24,26). The lowest BCUT2D eigenvalue weighted by molar-refractivity contribution is -0.123. The highest BCUT2D eigenvalue weighted by atomic mass is 32.1. The van der Waals surface area contributed by atoms with Crippen molar-refractivity contribution < 1.29 is 4.79 Å². The minimum absolute atomic E-state index is 0.0834. The van der Waals surface area contributed by atoms with Crippen molar-refractivity contribution in [2.75, 3.05) is 13.1 Å². The Kier molecular flexibility index (Phi) is 5.66. The van der Waals surface area contributed by atoms with Crippen LogP contribution in [-0.4, -0.2) is 23.9 Å². The molecular formula is C23H24N2OS. The van der Waals surface area contributed by atoms with Gasteiger partial charge >= 0.3 is 0 Å². The van der Waals surface area contributed by atoms with Crippen molar-refractivity contribution in [3.05, 3.63) is 94.2 Å². The van der Waals surface area contributed by atoms with E-state index < -0.39 is 0 Å². The van der Waals surface area contributed by atoms with Gasteiger partial charge in [0.15, 0.2) is 0 Å². The smallest absolute Gasteiger partial charge is 0.234 e. The Morgan fingerprint density at radius 1 is 1.04 bits per heavy atom. The van der Waals surface area contributed by atoms with Crippen LogP contribution in [0.5, 0.6) is 0 Å². The van der Waals surface area contributed by atoms with Crippen molar-refractivity contribution in [1.82, 2.24) is 10.2 Å². The summed E-state index contributed by atoms with van der Waals surface area (Å²) >= 11 is 1.68. The SMILES string of the molecule is O=C(CN1CCCC1c1ccccc1)NC(c1ccccc1)c1cccs1. The minimum atomic E-state index is -0.0866. The topological polar surface area (TPSA) is 32.3 Å². The number of amides is 1. The Hall–Kier alpha value is -2.43. The molecule has 0 spiro atoms. The molecule has 1 fully saturated rings. The summed E-state index contributed by atoms with van der Waals surface area (Å²) in [5, 5.41) is 5.32. The molecule has 1 amide bonds. The third-order valence-electron chi connectivity index (χ3n) is 5.16. The summed E-state index contributed by atoms with van der Waals surface area (Å²) in [6.07, 6.45) is 2.25. The van der Waals surface area contributed by atoms with E-state index in [1.54, 1.807) is 11.3 Å². The summed E-state index contributed by atoms with van der Waals surface area (Å²) in [7, 11) is 0. The van der Waals surface area contributed by atoms with Crippen LogP contribution in [0.3, 0.4) is 0 Å². The molecule has 1 N–H and O–H groups in total. The maximum Gasteiger partial charge on any atom is 0.234 e. The zero-order chi connectivity index (χ0) is 18.5. The van der Waals surface area contributed by atoms with Gasteiger partial charge in [0.25, 0.3) is 0 Å². The van der Waals surface area contributed by atoms with Crippen LogP contribution in [0.15, 0.2) is 78.2 Å². The predicted molar refractivity (Wildman–Crippen MR) is 111 cm³/mol. The van der Waals surface area contributed by atoms with Crippen molar-refractivity contribution in [1.29, 1.82) is 0 Å². The lowest BCUT2D eigenvalue weighted by Crippen LogP contribution is -2.38. The minimum Gasteiger partial charge on any atom is -0.343 e. The number of hydrogen-bond donors (Lipinski definition) is 1. The molecule has 1 aliphatic rings. The Morgan fingerprint density at radius 2 is 1.78 bits per heavy atom. The molecule has 2 unspecified atom stereocenters. The van der Waals surface area contributed by atoms with Gasteiger partial charge in [-0.05, 0) is 42.0 Å². The van der Waals surface area contributed by atoms with Crippen LogP contribution in [0.4, 0.5) is 0 Å². The van der Waals surface area contributed by atoms with Crippen molar-refractivity contribution in [2.24, 2.45) is 0 Å². The van der Waals surface area contributed by atoms with Gasteiger partial charge in [0.05, 0.1) is 12.6 Å². The normalized spacial score (nSPS) is 18.3. The third kappa shape index (κ3) is 4.29. The Bertz CT molecular complexity index is 849. The van der Waals surface area contributed by atoms with Crippen LogP contribution in [0, 0.1) is 0 Å². The molecule has 0 saturated carbocycles. The van der Waals surface area contributed by atoms with E-state index in [9.17, 15) is 4.79 Å². The van der Waals surface area contributed by atoms with E-state index in [1.165, 1.54) is 5.56 Å². The number of nitrogens with one attached hydrogen (secondary N) is 1. The van der Waals surface area contributed by atoms with Crippen LogP contribution in [-0.2, 0) is 4.79 Å². The second-order valence-corrected chi connectivity index (χ2v) is 7.95. The van der Waals surface area contributed by atoms with Gasteiger partial charge in [-0.25, -0.2) is 0 Å². The van der Waals surface area contributed by atoms with Crippen molar-refractivity contribution in [3.8, 4) is 0 Å². The van der Waals surface area contributed by atoms with Crippen LogP contribution in [0.25, 0.3) is 0 Å². The molecule has 0 aliphatic carbocycles. The highest BCUT2D eigenvalue weighted by molar-refractivity contribution is 7.10. The Balaban J connectivity index is 1.47. The first kappa shape index (κ1) is 18.0. The van der Waals surface area contributed by atoms with Crippen LogP contribution >= 0.6 is 11.3 Å². The number of likely N-dealkylation sites (tertiary alicyclic amines) is 1. The molecule has 1 aliphatic heterocycles. The molecule has 3 nitrogen and oxygen atoms in total. The molecule has 2 atom stereocenters. The molecule has 138 valence electrons. The van der Waals surface area contributed by atoms with Crippen LogP contribution < -0.4 is 5.32 Å². The summed E-state index contributed by atoms with van der Waals surface area (Å²) in [4.78, 5) is 16.4. The van der Waals surface area contributed by atoms with Crippen molar-refractivity contribution in [2.45, 2.75) is 24.9 Å². The van der Waals surface area contributed by atoms with E-state index in [0.29, 0.717) is 12.6 Å². The second kappa shape index (κ2) is 8.51.